The van der Waals surface area contributed by atoms with Gasteiger partial charge in [0.25, 0.3) is 0 Å². The first-order valence-corrected chi connectivity index (χ1v) is 16.2. The Bertz CT molecular complexity index is 1180. The van der Waals surface area contributed by atoms with Crippen molar-refractivity contribution in [3.63, 3.8) is 0 Å². The first kappa shape index (κ1) is 36.0. The van der Waals surface area contributed by atoms with Gasteiger partial charge in [-0.3, -0.25) is 18.6 Å². The van der Waals surface area contributed by atoms with E-state index in [0.29, 0.717) is 29.4 Å². The first-order valence-electron chi connectivity index (χ1n) is 14.7. The van der Waals surface area contributed by atoms with Gasteiger partial charge in [-0.2, -0.15) is 0 Å². The Balaban J connectivity index is 1.95. The number of aliphatic hydroxyl groups is 2. The van der Waals surface area contributed by atoms with Gasteiger partial charge >= 0.3 is 13.8 Å². The van der Waals surface area contributed by atoms with Crippen LogP contribution in [0.2, 0.25) is 0 Å². The number of Topliss-reactive ketones (excluding diaryl/α,β-unsaturated/α-hetero) is 1. The maximum absolute atomic E-state index is 14.0. The fourth-order valence-electron chi connectivity index (χ4n) is 6.86. The molecule has 1 saturated heterocycles. The van der Waals surface area contributed by atoms with E-state index < -0.39 is 72.1 Å². The van der Waals surface area contributed by atoms with E-state index in [2.05, 4.69) is 6.58 Å². The normalized spacial score (nSPS) is 37.8. The van der Waals surface area contributed by atoms with Gasteiger partial charge in [0.1, 0.15) is 31.0 Å². The molecular formula is C30H51NO11P+. The van der Waals surface area contributed by atoms with Gasteiger partial charge in [0.15, 0.2) is 11.4 Å². The lowest BCUT2D eigenvalue weighted by Gasteiger charge is -2.67. The summed E-state index contributed by atoms with van der Waals surface area (Å²) in [5.74, 6) is -1.18. The number of aliphatic hydroxyl groups excluding tert-OH is 1. The van der Waals surface area contributed by atoms with Gasteiger partial charge in [-0.1, -0.05) is 31.6 Å². The summed E-state index contributed by atoms with van der Waals surface area (Å²) in [5, 5.41) is 23.9. The number of likely N-dealkylation sites (N-methyl/N-ethyl adjacent to an activating group) is 1. The minimum atomic E-state index is -4.48. The summed E-state index contributed by atoms with van der Waals surface area (Å²) in [7, 11) is 1.23. The molecule has 3 N–H and O–H groups in total. The van der Waals surface area contributed by atoms with E-state index in [1.165, 1.54) is 13.0 Å². The second-order valence-electron chi connectivity index (χ2n) is 14.4. The number of phosphoric acid groups is 1. The minimum absolute atomic E-state index is 0.0353. The second kappa shape index (κ2) is 12.0. The molecule has 3 aliphatic rings. The topological polar surface area (TPSA) is 158 Å². The molecule has 12 nitrogen and oxygen atoms in total. The summed E-state index contributed by atoms with van der Waals surface area (Å²) in [6.45, 7) is 13.5. The third kappa shape index (κ3) is 6.88. The van der Waals surface area contributed by atoms with Crippen molar-refractivity contribution in [1.82, 2.24) is 0 Å². The van der Waals surface area contributed by atoms with E-state index in [1.807, 2.05) is 35.0 Å². The Morgan fingerprint density at radius 1 is 1.21 bits per heavy atom. The highest BCUT2D eigenvalue weighted by Crippen LogP contribution is 2.64. The molecule has 2 fully saturated rings. The number of hydrogen-bond donors (Lipinski definition) is 3. The number of esters is 1. The number of nitrogens with zero attached hydrogens (tertiary/aromatic N) is 1. The first-order chi connectivity index (χ1) is 19.5. The maximum atomic E-state index is 14.0. The van der Waals surface area contributed by atoms with Crippen LogP contribution in [0.3, 0.4) is 0 Å². The predicted molar refractivity (Wildman–Crippen MR) is 158 cm³/mol. The fourth-order valence-corrected chi connectivity index (χ4v) is 7.60. The van der Waals surface area contributed by atoms with Crippen LogP contribution in [0.15, 0.2) is 24.3 Å². The summed E-state index contributed by atoms with van der Waals surface area (Å²) in [6.07, 6.45) is 0.883. The Hall–Kier alpha value is -1.47. The summed E-state index contributed by atoms with van der Waals surface area (Å²) < 4.78 is 41.3. The molecule has 0 aromatic carbocycles. The summed E-state index contributed by atoms with van der Waals surface area (Å²) in [5.41, 5.74) is -6.26. The Morgan fingerprint density at radius 2 is 1.84 bits per heavy atom. The molecule has 43 heavy (non-hydrogen) atoms. The van der Waals surface area contributed by atoms with Crippen molar-refractivity contribution in [2.75, 3.05) is 47.5 Å². The Labute approximate surface area is 255 Å². The predicted octanol–water partition coefficient (Wildman–Crippen LogP) is 2.69. The van der Waals surface area contributed by atoms with E-state index in [4.69, 9.17) is 23.3 Å². The van der Waals surface area contributed by atoms with Crippen LogP contribution < -0.4 is 0 Å². The van der Waals surface area contributed by atoms with E-state index in [1.54, 1.807) is 26.8 Å². The molecule has 0 bridgehead atoms. The monoisotopic (exact) mass is 632 g/mol. The van der Waals surface area contributed by atoms with Crippen LogP contribution in [0.25, 0.3) is 0 Å². The number of quaternary nitrogens is 1. The van der Waals surface area contributed by atoms with E-state index in [0.717, 1.165) is 0 Å². The van der Waals surface area contributed by atoms with Crippen LogP contribution in [-0.2, 0) is 37.4 Å². The van der Waals surface area contributed by atoms with E-state index in [9.17, 15) is 29.3 Å². The third-order valence-corrected chi connectivity index (χ3v) is 10.3. The van der Waals surface area contributed by atoms with Crippen molar-refractivity contribution < 1.29 is 57.0 Å². The van der Waals surface area contributed by atoms with Gasteiger partial charge in [0.05, 0.1) is 51.5 Å². The van der Waals surface area contributed by atoms with E-state index >= 15 is 0 Å². The Morgan fingerprint density at radius 3 is 2.40 bits per heavy atom. The highest BCUT2D eigenvalue weighted by Gasteiger charge is 2.76. The molecule has 0 radical (unpaired) electrons. The average molecular weight is 633 g/mol. The van der Waals surface area contributed by atoms with Gasteiger partial charge in [-0.25, -0.2) is 4.57 Å². The van der Waals surface area contributed by atoms with Crippen LogP contribution in [0, 0.1) is 10.8 Å². The average Bonchev–Trinajstić information content (AvgIpc) is 2.85. The molecular weight excluding hydrogens is 581 g/mol. The van der Waals surface area contributed by atoms with Gasteiger partial charge in [-0.15, -0.1) is 6.58 Å². The lowest BCUT2D eigenvalue weighted by Crippen LogP contribution is -2.81. The summed E-state index contributed by atoms with van der Waals surface area (Å²) >= 11 is 0. The van der Waals surface area contributed by atoms with Crippen molar-refractivity contribution in [2.45, 2.75) is 95.9 Å². The third-order valence-electron chi connectivity index (χ3n) is 9.36. The zero-order valence-corrected chi connectivity index (χ0v) is 27.9. The lowest BCUT2D eigenvalue weighted by atomic mass is 9.44. The molecule has 246 valence electrons. The SMILES string of the molecule is C=C[C@@]1(C)CC(=O)[C@@]2(O)[C@](C)(O1)[C@@H](OCC(COP(=O)(O)OCC[N+](C)(C)C)OC(C)=O)C=C1C(C)(C)CC[C@H](O)[C@@]12C. The van der Waals surface area contributed by atoms with Crippen molar-refractivity contribution in [2.24, 2.45) is 10.8 Å². The largest absolute Gasteiger partial charge is 0.472 e. The quantitative estimate of drug-likeness (QED) is 0.126. The van der Waals surface area contributed by atoms with Gasteiger partial charge < -0.3 is 33.8 Å². The van der Waals surface area contributed by atoms with Gasteiger partial charge in [0.2, 0.25) is 0 Å². The van der Waals surface area contributed by atoms with Crippen LogP contribution >= 0.6 is 7.82 Å². The van der Waals surface area contributed by atoms with Crippen molar-refractivity contribution in [3.05, 3.63) is 24.3 Å². The molecule has 3 rings (SSSR count). The highest BCUT2D eigenvalue weighted by atomic mass is 31.2. The molecule has 1 heterocycles. The molecule has 0 amide bonds. The molecule has 2 unspecified atom stereocenters. The van der Waals surface area contributed by atoms with Crippen molar-refractivity contribution in [3.8, 4) is 0 Å². The van der Waals surface area contributed by atoms with Crippen LogP contribution in [-0.4, -0.2) is 114 Å². The van der Waals surface area contributed by atoms with Crippen molar-refractivity contribution in [1.29, 1.82) is 0 Å². The van der Waals surface area contributed by atoms with Gasteiger partial charge in [-0.05, 0) is 39.0 Å². The number of ether oxygens (including phenoxy) is 3. The number of ketones is 1. The number of phosphoric ester groups is 1. The molecule has 0 aromatic rings. The van der Waals surface area contributed by atoms with Crippen molar-refractivity contribution >= 4 is 19.6 Å². The number of rotatable bonds is 12. The summed E-state index contributed by atoms with van der Waals surface area (Å²) in [4.78, 5) is 36.1. The standard InChI is InChI=1S/C30H50NO11P/c1-11-27(5)17-24(34)30(35)28(6)22(26(3,4)13-12-23(28)33)16-25(29(30,7)42-27)38-18-21(41-20(2)32)19-40-43(36,37)39-15-14-31(8,9)10/h11,16,21,23,25,33,35H,1,12-15,17-19H2,2-10H3/p+1/t21?,23-,25-,27-,28+,29+,30-/m0/s1. The molecule has 8 atom stereocenters. The fraction of sp³-hybridized carbons (Fsp3) is 0.800. The number of carbonyl (C=O) groups excluding carboxylic acids is 2. The summed E-state index contributed by atoms with van der Waals surface area (Å²) in [6, 6.07) is 0. The molecule has 13 heteroatoms. The highest BCUT2D eigenvalue weighted by molar-refractivity contribution is 7.47. The molecule has 1 saturated carbocycles. The lowest BCUT2D eigenvalue weighted by molar-refractivity contribution is -0.870. The minimum Gasteiger partial charge on any atom is -0.458 e. The van der Waals surface area contributed by atoms with Crippen LogP contribution in [0.4, 0.5) is 0 Å². The number of hydrogen-bond acceptors (Lipinski definition) is 10. The zero-order chi connectivity index (χ0) is 32.9. The Kier molecular flexibility index (Phi) is 10.1. The molecule has 2 aliphatic carbocycles. The number of carbonyl (C=O) groups is 2. The van der Waals surface area contributed by atoms with Crippen LogP contribution in [0.5, 0.6) is 0 Å². The van der Waals surface area contributed by atoms with E-state index in [-0.39, 0.29) is 19.6 Å². The van der Waals surface area contributed by atoms with Crippen LogP contribution in [0.1, 0.15) is 60.8 Å². The smallest absolute Gasteiger partial charge is 0.458 e. The zero-order valence-electron chi connectivity index (χ0n) is 27.0. The molecule has 0 aromatic heterocycles. The maximum Gasteiger partial charge on any atom is 0.472 e. The number of fused-ring (bicyclic) bond motifs is 3. The molecule has 0 spiro atoms. The molecule has 1 aliphatic heterocycles. The van der Waals surface area contributed by atoms with Gasteiger partial charge in [0, 0.05) is 13.3 Å². The second-order valence-corrected chi connectivity index (χ2v) is 15.8.